The van der Waals surface area contributed by atoms with Crippen LogP contribution in [0.1, 0.15) is 49.0 Å². The Kier molecular flexibility index (Phi) is 6.89. The monoisotopic (exact) mass is 366 g/mol. The van der Waals surface area contributed by atoms with Gasteiger partial charge in [0.05, 0.1) is 19.2 Å². The summed E-state index contributed by atoms with van der Waals surface area (Å²) in [4.78, 5) is 15.2. The molecule has 2 aliphatic rings. The van der Waals surface area contributed by atoms with Crippen LogP contribution in [-0.4, -0.2) is 36.5 Å². The lowest BCUT2D eigenvalue weighted by Gasteiger charge is -2.40. The van der Waals surface area contributed by atoms with Gasteiger partial charge in [-0.2, -0.15) is 0 Å². The highest BCUT2D eigenvalue weighted by atomic mass is 35.5. The van der Waals surface area contributed by atoms with Gasteiger partial charge in [0, 0.05) is 5.92 Å². The van der Waals surface area contributed by atoms with Crippen LogP contribution in [0.25, 0.3) is 0 Å². The molecule has 1 amide bonds. The van der Waals surface area contributed by atoms with Crippen LogP contribution in [-0.2, 0) is 9.53 Å². The van der Waals surface area contributed by atoms with E-state index in [1.807, 2.05) is 0 Å². The van der Waals surface area contributed by atoms with Crippen molar-refractivity contribution in [1.82, 2.24) is 4.90 Å². The maximum Gasteiger partial charge on any atom is 0.226 e. The highest BCUT2D eigenvalue weighted by molar-refractivity contribution is 5.85. The predicted octanol–water partition coefficient (Wildman–Crippen LogP) is 3.39. The minimum atomic E-state index is -0.0252. The molecule has 0 bridgehead atoms. The molecule has 0 spiro atoms. The lowest BCUT2D eigenvalue weighted by atomic mass is 9.93. The normalized spacial score (nSPS) is 29.4. The average molecular weight is 367 g/mol. The predicted molar refractivity (Wildman–Crippen MR) is 103 cm³/mol. The van der Waals surface area contributed by atoms with E-state index in [0.29, 0.717) is 25.6 Å². The molecule has 3 rings (SSSR count). The van der Waals surface area contributed by atoms with E-state index < -0.39 is 0 Å². The van der Waals surface area contributed by atoms with Crippen molar-refractivity contribution in [3.05, 3.63) is 34.9 Å². The average Bonchev–Trinajstić information content (AvgIpc) is 3.05. The second-order valence-corrected chi connectivity index (χ2v) is 7.55. The van der Waals surface area contributed by atoms with E-state index in [4.69, 9.17) is 10.5 Å². The summed E-state index contributed by atoms with van der Waals surface area (Å²) in [6.07, 6.45) is 3.17. The summed E-state index contributed by atoms with van der Waals surface area (Å²) in [5, 5.41) is 0. The van der Waals surface area contributed by atoms with E-state index >= 15 is 0 Å². The molecule has 1 aliphatic carbocycles. The van der Waals surface area contributed by atoms with Crippen molar-refractivity contribution in [3.8, 4) is 0 Å². The van der Waals surface area contributed by atoms with Crippen LogP contribution in [0.15, 0.2) is 18.2 Å². The number of ether oxygens (including phenoxy) is 1. The first-order valence-corrected chi connectivity index (χ1v) is 9.20. The molecule has 2 N–H and O–H groups in total. The van der Waals surface area contributed by atoms with Crippen LogP contribution in [0.5, 0.6) is 0 Å². The van der Waals surface area contributed by atoms with Gasteiger partial charge in [-0.3, -0.25) is 4.79 Å². The van der Waals surface area contributed by atoms with Crippen molar-refractivity contribution in [1.29, 1.82) is 0 Å². The third-order valence-electron chi connectivity index (χ3n) is 5.78. The summed E-state index contributed by atoms with van der Waals surface area (Å²) in [6.45, 7) is 8.17. The molecule has 4 nitrogen and oxygen atoms in total. The largest absolute Gasteiger partial charge is 0.370 e. The van der Waals surface area contributed by atoms with Crippen molar-refractivity contribution in [2.45, 2.75) is 52.2 Å². The fraction of sp³-hybridized carbons (Fsp3) is 0.650. The summed E-state index contributed by atoms with van der Waals surface area (Å²) >= 11 is 0. The summed E-state index contributed by atoms with van der Waals surface area (Å²) < 4.78 is 6.09. The van der Waals surface area contributed by atoms with Gasteiger partial charge in [0.25, 0.3) is 0 Å². The Hall–Kier alpha value is -1.10. The van der Waals surface area contributed by atoms with Gasteiger partial charge < -0.3 is 15.4 Å². The number of nitrogens with two attached hydrogens (primary N) is 1. The van der Waals surface area contributed by atoms with Gasteiger partial charge in [-0.25, -0.2) is 0 Å². The Bertz CT molecular complexity index is 607. The molecule has 0 radical (unpaired) electrons. The topological polar surface area (TPSA) is 55.6 Å². The molecule has 0 aromatic heterocycles. The summed E-state index contributed by atoms with van der Waals surface area (Å²) in [6, 6.07) is 6.59. The molecule has 1 aromatic carbocycles. The van der Waals surface area contributed by atoms with E-state index in [2.05, 4.69) is 43.9 Å². The van der Waals surface area contributed by atoms with Crippen molar-refractivity contribution < 1.29 is 9.53 Å². The van der Waals surface area contributed by atoms with E-state index in [0.717, 1.165) is 19.3 Å². The number of hydrogen-bond donors (Lipinski definition) is 1. The molecule has 1 saturated carbocycles. The van der Waals surface area contributed by atoms with Crippen LogP contribution in [0.4, 0.5) is 0 Å². The number of amides is 1. The zero-order valence-corrected chi connectivity index (χ0v) is 16.3. The number of benzene rings is 1. The SMILES string of the molecule is Cc1ccc(C)c(C2CN(C(=O)[C@@H]3CCC[C@@H]3CN)C(C)CO2)c1.Cl. The van der Waals surface area contributed by atoms with Gasteiger partial charge in [0.2, 0.25) is 5.91 Å². The number of halogens is 1. The van der Waals surface area contributed by atoms with Crippen molar-refractivity contribution in [2.24, 2.45) is 17.6 Å². The molecular formula is C20H31ClN2O2. The molecule has 25 heavy (non-hydrogen) atoms. The third kappa shape index (κ3) is 4.18. The van der Waals surface area contributed by atoms with Gasteiger partial charge in [-0.05, 0) is 57.2 Å². The zero-order valence-electron chi connectivity index (χ0n) is 15.5. The Labute approximate surface area is 157 Å². The summed E-state index contributed by atoms with van der Waals surface area (Å²) in [5.41, 5.74) is 9.56. The number of carbonyl (C=O) groups excluding carboxylic acids is 1. The van der Waals surface area contributed by atoms with Crippen molar-refractivity contribution in [3.63, 3.8) is 0 Å². The second-order valence-electron chi connectivity index (χ2n) is 7.55. The molecule has 140 valence electrons. The Morgan fingerprint density at radius 1 is 1.32 bits per heavy atom. The second kappa shape index (κ2) is 8.52. The molecule has 4 atom stereocenters. The summed E-state index contributed by atoms with van der Waals surface area (Å²) in [7, 11) is 0. The van der Waals surface area contributed by atoms with E-state index in [1.165, 1.54) is 16.7 Å². The van der Waals surface area contributed by atoms with Crippen molar-refractivity contribution in [2.75, 3.05) is 19.7 Å². The van der Waals surface area contributed by atoms with E-state index in [1.54, 1.807) is 0 Å². The first-order valence-electron chi connectivity index (χ1n) is 9.20. The van der Waals surface area contributed by atoms with Gasteiger partial charge in [0.15, 0.2) is 0 Å². The molecule has 2 unspecified atom stereocenters. The first kappa shape index (κ1) is 20.2. The smallest absolute Gasteiger partial charge is 0.226 e. The standard InChI is InChI=1S/C20H30N2O2.ClH/c1-13-7-8-14(2)18(9-13)19-11-22(15(3)12-24-19)20(23)17-6-4-5-16(17)10-21;/h7-9,15-17,19H,4-6,10-12,21H2,1-3H3;1H/t15?,16-,17-,19?;/m1./s1. The van der Waals surface area contributed by atoms with Gasteiger partial charge in [-0.15, -0.1) is 12.4 Å². The first-order chi connectivity index (χ1) is 11.5. The minimum absolute atomic E-state index is 0. The summed E-state index contributed by atoms with van der Waals surface area (Å²) in [5.74, 6) is 0.746. The quantitative estimate of drug-likeness (QED) is 0.892. The number of carbonyl (C=O) groups is 1. The fourth-order valence-corrected chi connectivity index (χ4v) is 4.22. The van der Waals surface area contributed by atoms with Crippen LogP contribution in [0.2, 0.25) is 0 Å². The molecule has 1 aromatic rings. The van der Waals surface area contributed by atoms with E-state index in [-0.39, 0.29) is 36.4 Å². The zero-order chi connectivity index (χ0) is 17.3. The van der Waals surface area contributed by atoms with Gasteiger partial charge in [-0.1, -0.05) is 30.2 Å². The van der Waals surface area contributed by atoms with Crippen LogP contribution in [0.3, 0.4) is 0 Å². The van der Waals surface area contributed by atoms with E-state index in [9.17, 15) is 4.79 Å². The number of aryl methyl sites for hydroxylation is 2. The molecule has 1 heterocycles. The maximum absolute atomic E-state index is 13.1. The van der Waals surface area contributed by atoms with Gasteiger partial charge >= 0.3 is 0 Å². The Morgan fingerprint density at radius 3 is 2.80 bits per heavy atom. The Balaban J connectivity index is 0.00000225. The third-order valence-corrected chi connectivity index (χ3v) is 5.78. The molecule has 5 heteroatoms. The lowest BCUT2D eigenvalue weighted by molar-refractivity contribution is -0.150. The van der Waals surface area contributed by atoms with Crippen molar-refractivity contribution >= 4 is 18.3 Å². The van der Waals surface area contributed by atoms with Crippen LogP contribution in [0, 0.1) is 25.7 Å². The highest BCUT2D eigenvalue weighted by Crippen LogP contribution is 2.35. The number of rotatable bonds is 3. The Morgan fingerprint density at radius 2 is 2.08 bits per heavy atom. The highest BCUT2D eigenvalue weighted by Gasteiger charge is 2.39. The minimum Gasteiger partial charge on any atom is -0.370 e. The molecular weight excluding hydrogens is 336 g/mol. The number of hydrogen-bond acceptors (Lipinski definition) is 3. The molecule has 1 aliphatic heterocycles. The van der Waals surface area contributed by atoms with Crippen LogP contribution >= 0.6 is 12.4 Å². The van der Waals surface area contributed by atoms with Gasteiger partial charge in [0.1, 0.15) is 6.10 Å². The molecule has 2 fully saturated rings. The molecule has 1 saturated heterocycles. The number of morpholine rings is 1. The van der Waals surface area contributed by atoms with Crippen LogP contribution < -0.4 is 5.73 Å². The maximum atomic E-state index is 13.1. The fourth-order valence-electron chi connectivity index (χ4n) is 4.22. The lowest BCUT2D eigenvalue weighted by Crippen LogP contribution is -2.51. The number of nitrogens with zero attached hydrogens (tertiary/aromatic N) is 1.